The van der Waals surface area contributed by atoms with Crippen LogP contribution in [0.4, 0.5) is 10.5 Å². The van der Waals surface area contributed by atoms with Gasteiger partial charge >= 0.3 is 6.03 Å². The summed E-state index contributed by atoms with van der Waals surface area (Å²) in [6.07, 6.45) is 1.70. The average molecular weight is 388 g/mol. The van der Waals surface area contributed by atoms with E-state index >= 15 is 0 Å². The number of furan rings is 1. The molecule has 1 saturated heterocycles. The van der Waals surface area contributed by atoms with Gasteiger partial charge in [-0.25, -0.2) is 4.79 Å². The van der Waals surface area contributed by atoms with Crippen LogP contribution in [0.1, 0.15) is 32.1 Å². The first kappa shape index (κ1) is 19.8. The molecule has 0 bridgehead atoms. The lowest BCUT2D eigenvalue weighted by Crippen LogP contribution is -2.49. The van der Waals surface area contributed by atoms with Gasteiger partial charge in [-0.1, -0.05) is 20.8 Å². The van der Waals surface area contributed by atoms with Gasteiger partial charge in [-0.3, -0.25) is 4.90 Å². The second-order valence-electron chi connectivity index (χ2n) is 7.96. The Labute approximate surface area is 166 Å². The van der Waals surface area contributed by atoms with E-state index in [4.69, 9.17) is 4.42 Å². The molecule has 6 heteroatoms. The van der Waals surface area contributed by atoms with Crippen LogP contribution < -0.4 is 5.32 Å². The number of rotatable bonds is 4. The molecule has 1 aliphatic rings. The number of piperazine rings is 1. The number of anilines is 1. The molecule has 0 atom stereocenters. The topological polar surface area (TPSA) is 48.7 Å². The Kier molecular flexibility index (Phi) is 6.17. The van der Waals surface area contributed by atoms with Gasteiger partial charge < -0.3 is 14.6 Å². The van der Waals surface area contributed by atoms with Gasteiger partial charge in [0.15, 0.2) is 0 Å². The zero-order valence-electron chi connectivity index (χ0n) is 16.6. The van der Waals surface area contributed by atoms with Gasteiger partial charge in [0.2, 0.25) is 0 Å². The Balaban J connectivity index is 1.52. The minimum Gasteiger partial charge on any atom is -0.468 e. The highest BCUT2D eigenvalue weighted by Crippen LogP contribution is 2.33. The van der Waals surface area contributed by atoms with Crippen molar-refractivity contribution in [2.75, 3.05) is 31.5 Å². The second kappa shape index (κ2) is 8.40. The van der Waals surface area contributed by atoms with Crippen LogP contribution in [0, 0.1) is 6.92 Å². The molecule has 1 aromatic carbocycles. The van der Waals surface area contributed by atoms with Crippen molar-refractivity contribution in [1.82, 2.24) is 9.80 Å². The van der Waals surface area contributed by atoms with Gasteiger partial charge in [-0.2, -0.15) is 0 Å². The number of amides is 2. The number of hydrogen-bond donors (Lipinski definition) is 1. The van der Waals surface area contributed by atoms with Crippen LogP contribution in [0.15, 0.2) is 45.9 Å². The van der Waals surface area contributed by atoms with Crippen LogP contribution in [-0.4, -0.2) is 46.8 Å². The van der Waals surface area contributed by atoms with Crippen molar-refractivity contribution in [2.45, 2.75) is 43.9 Å². The van der Waals surface area contributed by atoms with Gasteiger partial charge in [0, 0.05) is 41.5 Å². The largest absolute Gasteiger partial charge is 0.468 e. The predicted octanol–water partition coefficient (Wildman–Crippen LogP) is 4.83. The fourth-order valence-electron chi connectivity index (χ4n) is 3.12. The predicted molar refractivity (Wildman–Crippen MR) is 111 cm³/mol. The van der Waals surface area contributed by atoms with E-state index in [-0.39, 0.29) is 10.8 Å². The fraction of sp³-hybridized carbons (Fsp3) is 0.476. The molecule has 1 N–H and O–H groups in total. The van der Waals surface area contributed by atoms with E-state index in [1.54, 1.807) is 6.26 Å². The molecule has 3 rings (SSSR count). The van der Waals surface area contributed by atoms with Crippen molar-refractivity contribution >= 4 is 23.5 Å². The van der Waals surface area contributed by atoms with Crippen LogP contribution in [0.5, 0.6) is 0 Å². The number of urea groups is 1. The molecule has 0 spiro atoms. The number of benzene rings is 1. The third-order valence-electron chi connectivity index (χ3n) is 4.48. The van der Waals surface area contributed by atoms with Gasteiger partial charge in [-0.05, 0) is 42.8 Å². The zero-order valence-corrected chi connectivity index (χ0v) is 17.4. The minimum absolute atomic E-state index is 0.0213. The monoisotopic (exact) mass is 387 g/mol. The normalized spacial score (nSPS) is 15.8. The molecule has 0 radical (unpaired) electrons. The average Bonchev–Trinajstić information content (AvgIpc) is 3.09. The molecule has 2 amide bonds. The fourth-order valence-corrected chi connectivity index (χ4v) is 4.20. The lowest BCUT2D eigenvalue weighted by molar-refractivity contribution is 0.137. The first-order chi connectivity index (χ1) is 12.8. The van der Waals surface area contributed by atoms with Crippen molar-refractivity contribution < 1.29 is 9.21 Å². The van der Waals surface area contributed by atoms with Crippen molar-refractivity contribution in [3.63, 3.8) is 0 Å². The Morgan fingerprint density at radius 1 is 1.19 bits per heavy atom. The molecule has 1 aliphatic heterocycles. The highest BCUT2D eigenvalue weighted by molar-refractivity contribution is 8.00. The highest BCUT2D eigenvalue weighted by Gasteiger charge is 2.22. The summed E-state index contributed by atoms with van der Waals surface area (Å²) in [6, 6.07) is 10.1. The van der Waals surface area contributed by atoms with Crippen molar-refractivity contribution in [2.24, 2.45) is 0 Å². The van der Waals surface area contributed by atoms with E-state index in [0.717, 1.165) is 49.7 Å². The molecule has 27 heavy (non-hydrogen) atoms. The summed E-state index contributed by atoms with van der Waals surface area (Å²) in [7, 11) is 0. The summed E-state index contributed by atoms with van der Waals surface area (Å²) < 4.78 is 5.58. The highest BCUT2D eigenvalue weighted by atomic mass is 32.2. The van der Waals surface area contributed by atoms with Crippen LogP contribution in [0.25, 0.3) is 0 Å². The first-order valence-corrected chi connectivity index (χ1v) is 10.2. The van der Waals surface area contributed by atoms with Gasteiger partial charge in [-0.15, -0.1) is 11.8 Å². The summed E-state index contributed by atoms with van der Waals surface area (Å²) in [5.41, 5.74) is 1.98. The van der Waals surface area contributed by atoms with E-state index in [0.29, 0.717) is 0 Å². The summed E-state index contributed by atoms with van der Waals surface area (Å²) in [5, 5.41) is 3.07. The molecule has 146 valence electrons. The molecule has 5 nitrogen and oxygen atoms in total. The Bertz CT molecular complexity index is 760. The Morgan fingerprint density at radius 2 is 1.93 bits per heavy atom. The third kappa shape index (κ3) is 5.78. The second-order valence-corrected chi connectivity index (χ2v) is 9.86. The first-order valence-electron chi connectivity index (χ1n) is 9.40. The summed E-state index contributed by atoms with van der Waals surface area (Å²) >= 11 is 1.84. The van der Waals surface area contributed by atoms with Crippen molar-refractivity contribution in [3.8, 4) is 0 Å². The zero-order chi connectivity index (χ0) is 19.4. The van der Waals surface area contributed by atoms with E-state index in [9.17, 15) is 4.79 Å². The van der Waals surface area contributed by atoms with Gasteiger partial charge in [0.05, 0.1) is 12.8 Å². The molecule has 2 aromatic rings. The summed E-state index contributed by atoms with van der Waals surface area (Å²) in [4.78, 5) is 18.1. The molecule has 0 saturated carbocycles. The van der Waals surface area contributed by atoms with E-state index < -0.39 is 0 Å². The van der Waals surface area contributed by atoms with Gasteiger partial charge in [0.1, 0.15) is 5.76 Å². The quantitative estimate of drug-likeness (QED) is 0.764. The maximum absolute atomic E-state index is 12.6. The Hall–Kier alpha value is -1.92. The van der Waals surface area contributed by atoms with E-state index in [2.05, 4.69) is 43.1 Å². The smallest absolute Gasteiger partial charge is 0.321 e. The number of hydrogen-bond acceptors (Lipinski definition) is 4. The number of nitrogens with zero attached hydrogens (tertiary/aromatic N) is 2. The number of aryl methyl sites for hydroxylation is 1. The van der Waals surface area contributed by atoms with Crippen LogP contribution in [0.2, 0.25) is 0 Å². The summed E-state index contributed by atoms with van der Waals surface area (Å²) in [6.45, 7) is 12.6. The van der Waals surface area contributed by atoms with E-state index in [1.165, 1.54) is 4.90 Å². The van der Waals surface area contributed by atoms with E-state index in [1.807, 2.05) is 41.8 Å². The molecular formula is C21H29N3O2S. The molecule has 0 aliphatic carbocycles. The molecule has 1 fully saturated rings. The number of nitrogens with one attached hydrogen (secondary N) is 1. The number of carbonyl (C=O) groups excluding carboxylic acids is 1. The van der Waals surface area contributed by atoms with Gasteiger partial charge in [0.25, 0.3) is 0 Å². The van der Waals surface area contributed by atoms with Crippen LogP contribution >= 0.6 is 11.8 Å². The molecular weight excluding hydrogens is 358 g/mol. The minimum atomic E-state index is -0.0213. The Morgan fingerprint density at radius 3 is 2.52 bits per heavy atom. The number of carbonyl (C=O) groups is 1. The SMILES string of the molecule is Cc1cc(SC(C)(C)C)ccc1NC(=O)N1CCN(Cc2ccco2)CC1. The van der Waals surface area contributed by atoms with Crippen LogP contribution in [0.3, 0.4) is 0 Å². The number of thioether (sulfide) groups is 1. The maximum Gasteiger partial charge on any atom is 0.321 e. The maximum atomic E-state index is 12.6. The lowest BCUT2D eigenvalue weighted by Gasteiger charge is -2.34. The van der Waals surface area contributed by atoms with Crippen molar-refractivity contribution in [1.29, 1.82) is 0 Å². The van der Waals surface area contributed by atoms with Crippen LogP contribution in [-0.2, 0) is 6.54 Å². The van der Waals surface area contributed by atoms with Crippen molar-refractivity contribution in [3.05, 3.63) is 47.9 Å². The summed E-state index contributed by atoms with van der Waals surface area (Å²) in [5.74, 6) is 0.969. The third-order valence-corrected chi connectivity index (χ3v) is 5.58. The molecule has 0 unspecified atom stereocenters. The lowest BCUT2D eigenvalue weighted by atomic mass is 10.2. The molecule has 2 heterocycles. The standard InChI is InChI=1S/C21H29N3O2S/c1-16-14-18(27-21(2,3)4)7-8-19(16)22-20(25)24-11-9-23(10-12-24)15-17-6-5-13-26-17/h5-8,13-14H,9-12,15H2,1-4H3,(H,22,25). The molecule has 1 aromatic heterocycles.